The van der Waals surface area contributed by atoms with Crippen molar-refractivity contribution in [3.05, 3.63) is 51.9 Å². The van der Waals surface area contributed by atoms with E-state index < -0.39 is 16.0 Å². The van der Waals surface area contributed by atoms with Gasteiger partial charge in [0.05, 0.1) is 34.5 Å². The highest BCUT2D eigenvalue weighted by molar-refractivity contribution is 7.88. The second kappa shape index (κ2) is 12.1. The van der Waals surface area contributed by atoms with E-state index in [1.165, 1.54) is 17.4 Å². The number of nitrogens with two attached hydrogens (primary N) is 1. The first-order valence-corrected chi connectivity index (χ1v) is 14.9. The normalized spacial score (nSPS) is 15.3. The van der Waals surface area contributed by atoms with Crippen molar-refractivity contribution >= 4 is 55.8 Å². The van der Waals surface area contributed by atoms with Gasteiger partial charge in [0, 0.05) is 42.3 Å². The third-order valence-corrected chi connectivity index (χ3v) is 7.61. The highest BCUT2D eigenvalue weighted by Gasteiger charge is 2.31. The molecule has 13 heteroatoms. The molecule has 1 aliphatic rings. The third-order valence-electron chi connectivity index (χ3n) is 5.76. The number of anilines is 1. The first-order valence-electron chi connectivity index (χ1n) is 12.2. The quantitative estimate of drug-likeness (QED) is 0.290. The number of carboxylic acids is 1. The number of hydrogen-bond donors (Lipinski definition) is 3. The van der Waals surface area contributed by atoms with Crippen molar-refractivity contribution in [2.75, 3.05) is 37.9 Å². The van der Waals surface area contributed by atoms with Gasteiger partial charge in [0.1, 0.15) is 11.6 Å². The van der Waals surface area contributed by atoms with E-state index in [0.29, 0.717) is 30.1 Å². The van der Waals surface area contributed by atoms with Gasteiger partial charge in [0.2, 0.25) is 10.0 Å². The standard InChI is InChI=1S/C26H34N6O5S2/c1-7-32(13-12-28-39(6,35)36)21-15-19(37-5)20(38-21)14-18-22(26(2,3)4)30-31-24(18)29-23(27)16-10-8-9-11-17(16)25(33)34/h8-11,14-15,28H,7,12-13H2,1-6H3,(H,33,34)(H2,27,29,31)/b18-14-. The molecule has 0 unspecified atom stereocenters. The summed E-state index contributed by atoms with van der Waals surface area (Å²) in [4.78, 5) is 19.0. The molecule has 0 aliphatic carbocycles. The van der Waals surface area contributed by atoms with E-state index >= 15 is 0 Å². The fourth-order valence-electron chi connectivity index (χ4n) is 3.86. The Labute approximate surface area is 232 Å². The number of aromatic carboxylic acids is 1. The van der Waals surface area contributed by atoms with Crippen molar-refractivity contribution in [1.82, 2.24) is 4.72 Å². The van der Waals surface area contributed by atoms with E-state index in [9.17, 15) is 18.3 Å². The fourth-order valence-corrected chi connectivity index (χ4v) is 5.48. The number of aliphatic imine (C=N–C) groups is 1. The molecular formula is C26H34N6O5S2. The molecule has 1 aromatic carbocycles. The topological polar surface area (TPSA) is 159 Å². The molecule has 39 heavy (non-hydrogen) atoms. The molecule has 0 radical (unpaired) electrons. The Morgan fingerprint density at radius 3 is 2.49 bits per heavy atom. The molecule has 0 fully saturated rings. The zero-order chi connectivity index (χ0) is 29.0. The molecule has 4 N–H and O–H groups in total. The molecule has 0 saturated carbocycles. The molecule has 2 heterocycles. The predicted octanol–water partition coefficient (Wildman–Crippen LogP) is 3.43. The van der Waals surface area contributed by atoms with Crippen LogP contribution >= 0.6 is 11.3 Å². The Balaban J connectivity index is 2.03. The maximum Gasteiger partial charge on any atom is 0.336 e. The van der Waals surface area contributed by atoms with Crippen LogP contribution < -0.4 is 20.1 Å². The van der Waals surface area contributed by atoms with Crippen LogP contribution in [0.1, 0.15) is 48.5 Å². The number of ether oxygens (including phenoxy) is 1. The zero-order valence-corrected chi connectivity index (χ0v) is 24.5. The maximum atomic E-state index is 11.7. The first kappa shape index (κ1) is 30.0. The van der Waals surface area contributed by atoms with Crippen molar-refractivity contribution in [1.29, 1.82) is 0 Å². The van der Waals surface area contributed by atoms with Gasteiger partial charge in [-0.05, 0) is 19.1 Å². The van der Waals surface area contributed by atoms with Crippen LogP contribution in [0.15, 0.2) is 51.1 Å². The molecule has 2 aromatic rings. The summed E-state index contributed by atoms with van der Waals surface area (Å²) in [7, 11) is -1.71. The van der Waals surface area contributed by atoms with Crippen molar-refractivity contribution in [3.8, 4) is 5.75 Å². The second-order valence-corrected chi connectivity index (χ2v) is 12.7. The first-order chi connectivity index (χ1) is 18.2. The van der Waals surface area contributed by atoms with E-state index in [0.717, 1.165) is 16.1 Å². The summed E-state index contributed by atoms with van der Waals surface area (Å²) in [5, 5.41) is 19.1. The predicted molar refractivity (Wildman–Crippen MR) is 158 cm³/mol. The number of carboxylic acid groups (broad SMARTS) is 1. The lowest BCUT2D eigenvalue weighted by molar-refractivity contribution is 0.0696. The van der Waals surface area contributed by atoms with Gasteiger partial charge in [-0.3, -0.25) is 0 Å². The Morgan fingerprint density at radius 1 is 1.26 bits per heavy atom. The van der Waals surface area contributed by atoms with E-state index in [1.807, 2.05) is 39.8 Å². The van der Waals surface area contributed by atoms with Gasteiger partial charge in [0.25, 0.3) is 0 Å². The zero-order valence-electron chi connectivity index (χ0n) is 22.8. The lowest BCUT2D eigenvalue weighted by Gasteiger charge is -2.20. The van der Waals surface area contributed by atoms with E-state index in [-0.39, 0.29) is 34.8 Å². The molecule has 210 valence electrons. The van der Waals surface area contributed by atoms with Crippen LogP contribution in [-0.2, 0) is 10.0 Å². The molecule has 0 atom stereocenters. The third kappa shape index (κ3) is 7.52. The molecule has 1 aromatic heterocycles. The monoisotopic (exact) mass is 574 g/mol. The van der Waals surface area contributed by atoms with Crippen LogP contribution in [0.4, 0.5) is 5.00 Å². The molecule has 1 aliphatic heterocycles. The molecule has 0 amide bonds. The van der Waals surface area contributed by atoms with Gasteiger partial charge in [-0.25, -0.2) is 22.9 Å². The largest absolute Gasteiger partial charge is 0.495 e. The van der Waals surface area contributed by atoms with E-state index in [2.05, 4.69) is 24.8 Å². The number of rotatable bonds is 10. The molecule has 0 spiro atoms. The molecule has 0 bridgehead atoms. The van der Waals surface area contributed by atoms with Crippen molar-refractivity contribution < 1.29 is 23.1 Å². The van der Waals surface area contributed by atoms with Gasteiger partial charge in [-0.15, -0.1) is 16.4 Å². The fraction of sp³-hybridized carbons (Fsp3) is 0.385. The summed E-state index contributed by atoms with van der Waals surface area (Å²) in [6, 6.07) is 8.28. The van der Waals surface area contributed by atoms with Crippen LogP contribution in [0.2, 0.25) is 0 Å². The summed E-state index contributed by atoms with van der Waals surface area (Å²) in [6.45, 7) is 9.43. The number of hydrogen-bond acceptors (Lipinski definition) is 9. The van der Waals surface area contributed by atoms with Crippen LogP contribution in [0, 0.1) is 5.41 Å². The summed E-state index contributed by atoms with van der Waals surface area (Å²) >= 11 is 1.48. The number of nitrogens with one attached hydrogen (secondary N) is 1. The average molecular weight is 575 g/mol. The number of benzene rings is 1. The Kier molecular flexibility index (Phi) is 9.30. The number of likely N-dealkylation sites (N-methyl/N-ethyl adjacent to an activating group) is 1. The molecule has 0 saturated heterocycles. The molecule has 3 rings (SSSR count). The molecule has 11 nitrogen and oxygen atoms in total. The lowest BCUT2D eigenvalue weighted by atomic mass is 9.85. The van der Waals surface area contributed by atoms with E-state index in [4.69, 9.17) is 10.5 Å². The van der Waals surface area contributed by atoms with Crippen LogP contribution in [0.25, 0.3) is 6.08 Å². The van der Waals surface area contributed by atoms with Crippen molar-refractivity contribution in [3.63, 3.8) is 0 Å². The highest BCUT2D eigenvalue weighted by atomic mass is 32.2. The van der Waals surface area contributed by atoms with Gasteiger partial charge >= 0.3 is 5.97 Å². The summed E-state index contributed by atoms with van der Waals surface area (Å²) in [6.07, 6.45) is 3.03. The Morgan fingerprint density at radius 2 is 1.92 bits per heavy atom. The number of nitrogens with zero attached hydrogens (tertiary/aromatic N) is 4. The number of sulfonamides is 1. The number of amidine groups is 2. The van der Waals surface area contributed by atoms with Crippen LogP contribution in [0.3, 0.4) is 0 Å². The van der Waals surface area contributed by atoms with Gasteiger partial charge in [-0.1, -0.05) is 39.0 Å². The minimum Gasteiger partial charge on any atom is -0.495 e. The Hall–Kier alpha value is -3.55. The smallest absolute Gasteiger partial charge is 0.336 e. The van der Waals surface area contributed by atoms with Gasteiger partial charge < -0.3 is 20.5 Å². The van der Waals surface area contributed by atoms with Crippen LogP contribution in [-0.4, -0.2) is 69.9 Å². The summed E-state index contributed by atoms with van der Waals surface area (Å²) in [5.41, 5.74) is 7.56. The number of carbonyl (C=O) groups is 1. The second-order valence-electron chi connectivity index (χ2n) is 9.79. The van der Waals surface area contributed by atoms with Crippen molar-refractivity contribution in [2.24, 2.45) is 26.3 Å². The van der Waals surface area contributed by atoms with Gasteiger partial charge in [-0.2, -0.15) is 5.10 Å². The Bertz CT molecular complexity index is 1470. The highest BCUT2D eigenvalue weighted by Crippen LogP contribution is 2.39. The van der Waals surface area contributed by atoms with E-state index in [1.54, 1.807) is 25.3 Å². The SMILES string of the molecule is CCN(CCNS(C)(=O)=O)c1cc(OC)c(/C=C2\C(N=C(N)c3ccccc3C(=O)O)=NN=C2C(C)(C)C)s1. The minimum atomic E-state index is -3.29. The number of thiophene rings is 1. The number of methoxy groups -OCH3 is 1. The summed E-state index contributed by atoms with van der Waals surface area (Å²) in [5.74, 6) is -0.205. The molecular weight excluding hydrogens is 540 g/mol. The van der Waals surface area contributed by atoms with Crippen LogP contribution in [0.5, 0.6) is 5.75 Å². The lowest BCUT2D eigenvalue weighted by Crippen LogP contribution is -2.34. The average Bonchev–Trinajstić information content (AvgIpc) is 3.45. The summed E-state index contributed by atoms with van der Waals surface area (Å²) < 4.78 is 31.1. The van der Waals surface area contributed by atoms with Gasteiger partial charge in [0.15, 0.2) is 5.84 Å². The maximum absolute atomic E-state index is 11.7. The van der Waals surface area contributed by atoms with Crippen molar-refractivity contribution in [2.45, 2.75) is 27.7 Å². The minimum absolute atomic E-state index is 0.0115.